The van der Waals surface area contributed by atoms with E-state index in [9.17, 15) is 9.59 Å². The van der Waals surface area contributed by atoms with E-state index >= 15 is 0 Å². The summed E-state index contributed by atoms with van der Waals surface area (Å²) in [7, 11) is 1.82. The van der Waals surface area contributed by atoms with Crippen LogP contribution in [0.5, 0.6) is 0 Å². The SMILES string of the molecule is Cc1cc(I)ccc1NC(=O)CSc1nnc([C@H](C)NC(=O)c2ccccc2)n1C. The number of anilines is 1. The van der Waals surface area contributed by atoms with Gasteiger partial charge in [-0.1, -0.05) is 30.0 Å². The van der Waals surface area contributed by atoms with Gasteiger partial charge in [-0.15, -0.1) is 10.2 Å². The topological polar surface area (TPSA) is 88.9 Å². The molecule has 156 valence electrons. The lowest BCUT2D eigenvalue weighted by molar-refractivity contribution is -0.113. The molecule has 2 aromatic carbocycles. The lowest BCUT2D eigenvalue weighted by Crippen LogP contribution is -2.28. The van der Waals surface area contributed by atoms with E-state index in [4.69, 9.17) is 0 Å². The Morgan fingerprint density at radius 1 is 1.17 bits per heavy atom. The second-order valence-corrected chi connectivity index (χ2v) is 8.95. The second-order valence-electron chi connectivity index (χ2n) is 6.76. The minimum Gasteiger partial charge on any atom is -0.342 e. The summed E-state index contributed by atoms with van der Waals surface area (Å²) in [5, 5.41) is 14.8. The van der Waals surface area contributed by atoms with Crippen LogP contribution in [0.4, 0.5) is 5.69 Å². The van der Waals surface area contributed by atoms with Crippen LogP contribution in [0.15, 0.2) is 53.7 Å². The number of hydrogen-bond donors (Lipinski definition) is 2. The maximum absolute atomic E-state index is 12.4. The average molecular weight is 535 g/mol. The third-order valence-corrected chi connectivity index (χ3v) is 6.13. The number of amides is 2. The standard InChI is InChI=1S/C21H22IN5O2S/c1-13-11-16(22)9-10-17(13)24-18(28)12-30-21-26-25-19(27(21)3)14(2)23-20(29)15-7-5-4-6-8-15/h4-11,14H,12H2,1-3H3,(H,23,29)(H,24,28)/t14-/m0/s1. The van der Waals surface area contributed by atoms with Crippen LogP contribution in [-0.2, 0) is 11.8 Å². The Labute approximate surface area is 193 Å². The molecule has 0 bridgehead atoms. The molecule has 0 aliphatic heterocycles. The largest absolute Gasteiger partial charge is 0.342 e. The first-order valence-corrected chi connectivity index (χ1v) is 11.4. The summed E-state index contributed by atoms with van der Waals surface area (Å²) >= 11 is 3.54. The molecular weight excluding hydrogens is 513 g/mol. The molecule has 3 rings (SSSR count). The zero-order chi connectivity index (χ0) is 21.7. The number of rotatable bonds is 7. The first-order chi connectivity index (χ1) is 14.3. The highest BCUT2D eigenvalue weighted by Gasteiger charge is 2.19. The Morgan fingerprint density at radius 3 is 2.60 bits per heavy atom. The highest BCUT2D eigenvalue weighted by molar-refractivity contribution is 14.1. The van der Waals surface area contributed by atoms with Gasteiger partial charge >= 0.3 is 0 Å². The van der Waals surface area contributed by atoms with Crippen molar-refractivity contribution >= 4 is 51.9 Å². The van der Waals surface area contributed by atoms with Crippen LogP contribution >= 0.6 is 34.4 Å². The maximum atomic E-state index is 12.4. The zero-order valence-corrected chi connectivity index (χ0v) is 19.8. The molecule has 0 fully saturated rings. The molecule has 7 nitrogen and oxygen atoms in total. The van der Waals surface area contributed by atoms with Crippen molar-refractivity contribution < 1.29 is 9.59 Å². The van der Waals surface area contributed by atoms with E-state index in [1.54, 1.807) is 16.7 Å². The first-order valence-electron chi connectivity index (χ1n) is 9.29. The second kappa shape index (κ2) is 10.1. The number of carbonyl (C=O) groups is 2. The van der Waals surface area contributed by atoms with E-state index in [-0.39, 0.29) is 23.6 Å². The fourth-order valence-corrected chi connectivity index (χ4v) is 4.21. The molecule has 9 heteroatoms. The van der Waals surface area contributed by atoms with Crippen LogP contribution in [0.2, 0.25) is 0 Å². The summed E-state index contributed by atoms with van der Waals surface area (Å²) < 4.78 is 2.92. The van der Waals surface area contributed by atoms with Crippen LogP contribution < -0.4 is 10.6 Å². The number of thioether (sulfide) groups is 1. The van der Waals surface area contributed by atoms with Gasteiger partial charge in [0, 0.05) is 21.9 Å². The van der Waals surface area contributed by atoms with E-state index < -0.39 is 0 Å². The molecule has 1 aromatic heterocycles. The van der Waals surface area contributed by atoms with E-state index in [0.717, 1.165) is 14.8 Å². The van der Waals surface area contributed by atoms with Crippen LogP contribution in [-0.4, -0.2) is 32.3 Å². The van der Waals surface area contributed by atoms with Gasteiger partial charge < -0.3 is 15.2 Å². The van der Waals surface area contributed by atoms with Gasteiger partial charge in [0.2, 0.25) is 5.91 Å². The Hall–Kier alpha value is -2.40. The number of benzene rings is 2. The number of nitrogens with zero attached hydrogens (tertiary/aromatic N) is 3. The Kier molecular flexibility index (Phi) is 7.48. The van der Waals surface area contributed by atoms with Gasteiger partial charge in [-0.25, -0.2) is 0 Å². The molecular formula is C21H22IN5O2S. The lowest BCUT2D eigenvalue weighted by atomic mass is 10.2. The molecule has 0 saturated heterocycles. The minimum absolute atomic E-state index is 0.112. The normalized spacial score (nSPS) is 11.7. The van der Waals surface area contributed by atoms with Crippen LogP contribution in [0.3, 0.4) is 0 Å². The fourth-order valence-electron chi connectivity index (χ4n) is 2.85. The summed E-state index contributed by atoms with van der Waals surface area (Å²) in [6.45, 7) is 3.82. The predicted molar refractivity (Wildman–Crippen MR) is 127 cm³/mol. The summed E-state index contributed by atoms with van der Waals surface area (Å²) in [5.74, 6) is 0.546. The van der Waals surface area contributed by atoms with E-state index in [0.29, 0.717) is 16.5 Å². The third kappa shape index (κ3) is 5.60. The average Bonchev–Trinajstić information content (AvgIpc) is 3.09. The van der Waals surface area contributed by atoms with E-state index in [1.165, 1.54) is 11.8 Å². The smallest absolute Gasteiger partial charge is 0.251 e. The minimum atomic E-state index is -0.326. The molecule has 0 aliphatic rings. The molecule has 3 aromatic rings. The molecule has 1 heterocycles. The molecule has 2 N–H and O–H groups in total. The molecule has 1 atom stereocenters. The number of hydrogen-bond acceptors (Lipinski definition) is 5. The van der Waals surface area contributed by atoms with E-state index in [1.807, 2.05) is 57.3 Å². The monoisotopic (exact) mass is 535 g/mol. The van der Waals surface area contributed by atoms with Crippen molar-refractivity contribution in [2.75, 3.05) is 11.1 Å². The zero-order valence-electron chi connectivity index (χ0n) is 16.8. The first kappa shape index (κ1) is 22.3. The van der Waals surface area contributed by atoms with Crippen molar-refractivity contribution in [3.05, 3.63) is 69.1 Å². The van der Waals surface area contributed by atoms with Crippen molar-refractivity contribution in [3.63, 3.8) is 0 Å². The highest BCUT2D eigenvalue weighted by Crippen LogP contribution is 2.21. The molecule has 30 heavy (non-hydrogen) atoms. The number of aromatic nitrogens is 3. The van der Waals surface area contributed by atoms with Crippen molar-refractivity contribution in [1.82, 2.24) is 20.1 Å². The van der Waals surface area contributed by atoms with Gasteiger partial charge in [-0.2, -0.15) is 0 Å². The fraction of sp³-hybridized carbons (Fsp3) is 0.238. The van der Waals surface area contributed by atoms with Crippen molar-refractivity contribution in [2.24, 2.45) is 7.05 Å². The number of carbonyl (C=O) groups excluding carboxylic acids is 2. The molecule has 0 aliphatic carbocycles. The van der Waals surface area contributed by atoms with Gasteiger partial charge in [0.25, 0.3) is 5.91 Å². The van der Waals surface area contributed by atoms with Gasteiger partial charge in [0.1, 0.15) is 0 Å². The number of halogens is 1. The molecule has 0 spiro atoms. The van der Waals surface area contributed by atoms with Crippen LogP contribution in [0, 0.1) is 10.5 Å². The molecule has 2 amide bonds. The Bertz CT molecular complexity index is 1050. The molecule has 0 saturated carbocycles. The van der Waals surface area contributed by atoms with Gasteiger partial charge in [0.05, 0.1) is 11.8 Å². The summed E-state index contributed by atoms with van der Waals surface area (Å²) in [6, 6.07) is 14.6. The third-order valence-electron chi connectivity index (χ3n) is 4.43. The number of aryl methyl sites for hydroxylation is 1. The van der Waals surface area contributed by atoms with Gasteiger partial charge in [-0.3, -0.25) is 9.59 Å². The maximum Gasteiger partial charge on any atom is 0.251 e. The lowest BCUT2D eigenvalue weighted by Gasteiger charge is -2.13. The van der Waals surface area contributed by atoms with Crippen molar-refractivity contribution in [3.8, 4) is 0 Å². The van der Waals surface area contributed by atoms with Crippen LogP contribution in [0.1, 0.15) is 34.7 Å². The Morgan fingerprint density at radius 2 is 1.90 bits per heavy atom. The van der Waals surface area contributed by atoms with Gasteiger partial charge in [0.15, 0.2) is 11.0 Å². The van der Waals surface area contributed by atoms with E-state index in [2.05, 4.69) is 43.4 Å². The summed E-state index contributed by atoms with van der Waals surface area (Å²) in [6.07, 6.45) is 0. The summed E-state index contributed by atoms with van der Waals surface area (Å²) in [4.78, 5) is 24.7. The quantitative estimate of drug-likeness (QED) is 0.354. The van der Waals surface area contributed by atoms with Crippen LogP contribution in [0.25, 0.3) is 0 Å². The Balaban J connectivity index is 1.58. The van der Waals surface area contributed by atoms with Crippen molar-refractivity contribution in [2.45, 2.75) is 25.0 Å². The highest BCUT2D eigenvalue weighted by atomic mass is 127. The van der Waals surface area contributed by atoms with Gasteiger partial charge in [-0.05, 0) is 72.3 Å². The molecule has 0 radical (unpaired) electrons. The molecule has 0 unspecified atom stereocenters. The number of nitrogens with one attached hydrogen (secondary N) is 2. The summed E-state index contributed by atoms with van der Waals surface area (Å²) in [5.41, 5.74) is 2.41. The predicted octanol–water partition coefficient (Wildman–Crippen LogP) is 3.95. The van der Waals surface area contributed by atoms with Crippen molar-refractivity contribution in [1.29, 1.82) is 0 Å².